The summed E-state index contributed by atoms with van der Waals surface area (Å²) >= 11 is 0. The van der Waals surface area contributed by atoms with E-state index in [2.05, 4.69) is 0 Å². The van der Waals surface area contributed by atoms with Crippen LogP contribution >= 0.6 is 0 Å². The number of Topliss-reactive ketones (excluding diaryl/α,β-unsaturated/α-hetero) is 1. The number of rotatable bonds is 2. The molecule has 1 fully saturated rings. The maximum atomic E-state index is 12.9. The molecule has 0 unspecified atom stereocenters. The number of allylic oxidation sites excluding steroid dienone is 1. The van der Waals surface area contributed by atoms with Gasteiger partial charge in [0.25, 0.3) is 0 Å². The van der Waals surface area contributed by atoms with Crippen molar-refractivity contribution in [2.75, 3.05) is 28.1 Å². The number of fused-ring (bicyclic) bond motifs is 2. The number of likely N-dealkylation sites (tertiary alicyclic amines) is 1. The van der Waals surface area contributed by atoms with Gasteiger partial charge in [0.1, 0.15) is 5.76 Å². The number of carbonyl (C=O) groups excluding carboxylic acids is 2. The molecule has 5 rings (SSSR count). The fourth-order valence-corrected chi connectivity index (χ4v) is 5.41. The van der Waals surface area contributed by atoms with Crippen LogP contribution in [0.15, 0.2) is 23.7 Å². The number of amides is 1. The predicted octanol–water partition coefficient (Wildman–Crippen LogP) is 1.53. The molecule has 7 nitrogen and oxygen atoms in total. The topological polar surface area (TPSA) is 74.3 Å². The predicted molar refractivity (Wildman–Crippen MR) is 93.3 cm³/mol. The Morgan fingerprint density at radius 3 is 2.56 bits per heavy atom. The van der Waals surface area contributed by atoms with Crippen LogP contribution in [0.25, 0.3) is 0 Å². The summed E-state index contributed by atoms with van der Waals surface area (Å²) in [5.74, 6) is 1.98. The highest BCUT2D eigenvalue weighted by Crippen LogP contribution is 2.58. The third-order valence-corrected chi connectivity index (χ3v) is 6.56. The first-order valence-corrected chi connectivity index (χ1v) is 9.04. The molecule has 0 saturated carbocycles. The molecule has 7 heteroatoms. The van der Waals surface area contributed by atoms with Gasteiger partial charge in [0.15, 0.2) is 17.3 Å². The van der Waals surface area contributed by atoms with Crippen LogP contribution in [0.2, 0.25) is 0 Å². The lowest BCUT2D eigenvalue weighted by molar-refractivity contribution is -0.145. The number of likely N-dealkylation sites (N-methyl/N-ethyl adjacent to an activating group) is 1. The Balaban J connectivity index is 1.79. The van der Waals surface area contributed by atoms with Gasteiger partial charge >= 0.3 is 0 Å². The second-order valence-electron chi connectivity index (χ2n) is 7.65. The van der Waals surface area contributed by atoms with Gasteiger partial charge < -0.3 is 23.8 Å². The summed E-state index contributed by atoms with van der Waals surface area (Å²) in [4.78, 5) is 27.5. The highest BCUT2D eigenvalue weighted by molar-refractivity contribution is 5.98. The highest BCUT2D eigenvalue weighted by Gasteiger charge is 2.61. The molecule has 0 N–H and O–H groups in total. The third kappa shape index (κ3) is 1.97. The van der Waals surface area contributed by atoms with Crippen molar-refractivity contribution < 1.29 is 28.5 Å². The van der Waals surface area contributed by atoms with E-state index >= 15 is 0 Å². The first-order chi connectivity index (χ1) is 13.0. The Morgan fingerprint density at radius 2 is 1.85 bits per heavy atom. The van der Waals surface area contributed by atoms with Gasteiger partial charge in [0.2, 0.25) is 18.5 Å². The Hall–Kier alpha value is -2.70. The molecular weight excluding hydrogens is 350 g/mol. The number of nitrogens with zero attached hydrogens (tertiary/aromatic N) is 1. The zero-order chi connectivity index (χ0) is 18.9. The summed E-state index contributed by atoms with van der Waals surface area (Å²) in [5.41, 5.74) is 1.45. The highest BCUT2D eigenvalue weighted by atomic mass is 16.7. The molecule has 2 aliphatic carbocycles. The summed E-state index contributed by atoms with van der Waals surface area (Å²) in [7, 11) is 4.88. The van der Waals surface area contributed by atoms with Gasteiger partial charge in [0.05, 0.1) is 20.1 Å². The fraction of sp³-hybridized carbons (Fsp3) is 0.500. The summed E-state index contributed by atoms with van der Waals surface area (Å²) in [6, 6.07) is 3.85. The van der Waals surface area contributed by atoms with E-state index in [9.17, 15) is 9.59 Å². The first kappa shape index (κ1) is 16.5. The quantitative estimate of drug-likeness (QED) is 0.785. The molecule has 27 heavy (non-hydrogen) atoms. The number of hydrogen-bond donors (Lipinski definition) is 0. The van der Waals surface area contributed by atoms with Gasteiger partial charge in [-0.2, -0.15) is 0 Å². The van der Waals surface area contributed by atoms with Crippen LogP contribution in [-0.2, 0) is 30.9 Å². The normalized spacial score (nSPS) is 30.9. The number of ketones is 1. The van der Waals surface area contributed by atoms with Crippen LogP contribution in [-0.4, -0.2) is 50.7 Å². The van der Waals surface area contributed by atoms with Gasteiger partial charge in [-0.1, -0.05) is 0 Å². The minimum atomic E-state index is -0.646. The van der Waals surface area contributed by atoms with Crippen molar-refractivity contribution >= 4 is 11.7 Å². The van der Waals surface area contributed by atoms with Crippen molar-refractivity contribution in [3.63, 3.8) is 0 Å². The number of piperidine rings is 1. The van der Waals surface area contributed by atoms with Crippen LogP contribution in [0, 0.1) is 5.92 Å². The van der Waals surface area contributed by atoms with Gasteiger partial charge in [-0.25, -0.2) is 0 Å². The van der Waals surface area contributed by atoms with Crippen LogP contribution in [0.4, 0.5) is 0 Å². The molecule has 0 radical (unpaired) electrons. The lowest BCUT2D eigenvalue weighted by Gasteiger charge is -2.56. The molecule has 142 valence electrons. The van der Waals surface area contributed by atoms with Crippen molar-refractivity contribution in [3.8, 4) is 11.5 Å². The van der Waals surface area contributed by atoms with Gasteiger partial charge in [-0.05, 0) is 29.7 Å². The standard InChI is InChI=1S/C20H21NO6/c1-21-12-4-10-5-14-15(27-9-26-14)6-11(10)20(8-16(21)23)7-13(22)18(24-2)19(25-3)17(12)20/h5-6,12,17H,4,7-9H2,1-3H3/t12-,17+,20+/m0/s1. The molecular formula is C20H21NO6. The lowest BCUT2D eigenvalue weighted by Crippen LogP contribution is -2.63. The smallest absolute Gasteiger partial charge is 0.231 e. The average Bonchev–Trinajstić information content (AvgIpc) is 3.10. The second-order valence-corrected chi connectivity index (χ2v) is 7.65. The molecule has 4 aliphatic rings. The number of methoxy groups -OCH3 is 2. The summed E-state index contributed by atoms with van der Waals surface area (Å²) in [6.45, 7) is 0.187. The Labute approximate surface area is 156 Å². The van der Waals surface area contributed by atoms with E-state index < -0.39 is 5.41 Å². The SMILES string of the molecule is COC1=C(OC)[C@H]2[C@@H]3Cc4cc5c(cc4[C@@]2(CC1=O)CC(=O)N3C)OCO5. The molecule has 0 spiro atoms. The first-order valence-electron chi connectivity index (χ1n) is 9.04. The van der Waals surface area contributed by atoms with Gasteiger partial charge in [-0.15, -0.1) is 0 Å². The molecule has 2 bridgehead atoms. The van der Waals surface area contributed by atoms with E-state index in [1.54, 1.807) is 12.0 Å². The monoisotopic (exact) mass is 371 g/mol. The third-order valence-electron chi connectivity index (χ3n) is 6.56. The average molecular weight is 371 g/mol. The molecule has 1 amide bonds. The van der Waals surface area contributed by atoms with E-state index in [0.717, 1.165) is 16.9 Å². The maximum Gasteiger partial charge on any atom is 0.231 e. The molecule has 0 aromatic heterocycles. The molecule has 1 saturated heterocycles. The number of ether oxygens (including phenoxy) is 4. The molecule has 1 aromatic rings. The minimum absolute atomic E-state index is 0.0451. The Morgan fingerprint density at radius 1 is 1.11 bits per heavy atom. The van der Waals surface area contributed by atoms with Crippen molar-refractivity contribution in [2.45, 2.75) is 30.7 Å². The molecule has 3 atom stereocenters. The molecule has 2 aliphatic heterocycles. The fourth-order valence-electron chi connectivity index (χ4n) is 5.41. The Bertz CT molecular complexity index is 906. The number of benzene rings is 1. The lowest BCUT2D eigenvalue weighted by atomic mass is 9.53. The van der Waals surface area contributed by atoms with Crippen LogP contribution in [0.5, 0.6) is 11.5 Å². The number of hydrogen-bond acceptors (Lipinski definition) is 6. The van der Waals surface area contributed by atoms with Crippen molar-refractivity contribution in [2.24, 2.45) is 5.92 Å². The zero-order valence-electron chi connectivity index (χ0n) is 15.5. The minimum Gasteiger partial charge on any atom is -0.497 e. The van der Waals surface area contributed by atoms with Crippen LogP contribution < -0.4 is 9.47 Å². The maximum absolute atomic E-state index is 12.9. The van der Waals surface area contributed by atoms with E-state index in [4.69, 9.17) is 18.9 Å². The van der Waals surface area contributed by atoms with Crippen molar-refractivity contribution in [3.05, 3.63) is 34.8 Å². The number of carbonyl (C=O) groups is 2. The second kappa shape index (κ2) is 5.41. The zero-order valence-corrected chi connectivity index (χ0v) is 15.5. The van der Waals surface area contributed by atoms with E-state index in [1.807, 2.05) is 19.2 Å². The van der Waals surface area contributed by atoms with E-state index in [1.165, 1.54) is 7.11 Å². The molecule has 2 heterocycles. The van der Waals surface area contributed by atoms with Crippen molar-refractivity contribution in [1.29, 1.82) is 0 Å². The molecule has 1 aromatic carbocycles. The van der Waals surface area contributed by atoms with Gasteiger partial charge in [-0.3, -0.25) is 9.59 Å². The van der Waals surface area contributed by atoms with Crippen LogP contribution in [0.3, 0.4) is 0 Å². The Kier molecular flexibility index (Phi) is 3.30. The van der Waals surface area contributed by atoms with Crippen LogP contribution in [0.1, 0.15) is 24.0 Å². The summed E-state index contributed by atoms with van der Waals surface area (Å²) in [5, 5.41) is 0. The van der Waals surface area contributed by atoms with Gasteiger partial charge in [0, 0.05) is 31.3 Å². The van der Waals surface area contributed by atoms with Crippen molar-refractivity contribution in [1.82, 2.24) is 4.90 Å². The summed E-state index contributed by atoms with van der Waals surface area (Å²) in [6.07, 6.45) is 1.14. The van der Waals surface area contributed by atoms with E-state index in [0.29, 0.717) is 17.9 Å². The largest absolute Gasteiger partial charge is 0.497 e. The van der Waals surface area contributed by atoms with E-state index in [-0.39, 0.29) is 49.0 Å². The summed E-state index contributed by atoms with van der Waals surface area (Å²) < 4.78 is 22.2.